The van der Waals surface area contributed by atoms with Crippen LogP contribution < -0.4 is 14.9 Å². The van der Waals surface area contributed by atoms with Crippen molar-refractivity contribution < 1.29 is 19.3 Å². The summed E-state index contributed by atoms with van der Waals surface area (Å²) in [6.07, 6.45) is 5.09. The molecular formula is C23H21N5O6. The van der Waals surface area contributed by atoms with Crippen LogP contribution in [-0.4, -0.2) is 28.2 Å². The molecule has 0 fully saturated rings. The first-order valence-corrected chi connectivity index (χ1v) is 9.99. The standard InChI is InChI=1S/C23H21N5O6/c1-3-5-18-12-17(14-25-26-23-20(28(31)32)6-4-11-24-23)13-21(33-2)22(18)34-15-16-7-9-19(10-8-16)27(29)30/h3-4,6-14H,1,5,15H2,2H3,(H,24,26)/b25-14-. The summed E-state index contributed by atoms with van der Waals surface area (Å²) in [6, 6.07) is 12.4. The minimum atomic E-state index is -0.548. The van der Waals surface area contributed by atoms with Crippen LogP contribution in [0.1, 0.15) is 16.7 Å². The molecule has 11 nitrogen and oxygen atoms in total. The van der Waals surface area contributed by atoms with Gasteiger partial charge in [-0.05, 0) is 47.9 Å². The van der Waals surface area contributed by atoms with Crippen LogP contribution in [0, 0.1) is 20.2 Å². The van der Waals surface area contributed by atoms with Crippen LogP contribution >= 0.6 is 0 Å². The number of nitro groups is 2. The lowest BCUT2D eigenvalue weighted by atomic mass is 10.1. The number of nitrogens with one attached hydrogen (secondary N) is 1. The highest BCUT2D eigenvalue weighted by Gasteiger charge is 2.15. The van der Waals surface area contributed by atoms with Crippen molar-refractivity contribution in [2.45, 2.75) is 13.0 Å². The molecule has 3 rings (SSSR count). The zero-order chi connectivity index (χ0) is 24.5. The van der Waals surface area contributed by atoms with E-state index in [1.807, 2.05) is 6.07 Å². The smallest absolute Gasteiger partial charge is 0.313 e. The summed E-state index contributed by atoms with van der Waals surface area (Å²) < 4.78 is 11.5. The van der Waals surface area contributed by atoms with E-state index in [4.69, 9.17) is 9.47 Å². The first-order chi connectivity index (χ1) is 16.4. The van der Waals surface area contributed by atoms with E-state index in [0.717, 1.165) is 11.1 Å². The van der Waals surface area contributed by atoms with Crippen molar-refractivity contribution in [3.8, 4) is 11.5 Å². The number of nitrogens with zero attached hydrogens (tertiary/aromatic N) is 4. The number of hydrogen-bond acceptors (Lipinski definition) is 9. The second-order valence-corrected chi connectivity index (χ2v) is 6.91. The number of non-ortho nitro benzene ring substituents is 1. The Kier molecular flexibility index (Phi) is 7.84. The molecule has 11 heteroatoms. The molecule has 174 valence electrons. The fourth-order valence-corrected chi connectivity index (χ4v) is 3.05. The van der Waals surface area contributed by atoms with Gasteiger partial charge in [0.15, 0.2) is 11.5 Å². The second-order valence-electron chi connectivity index (χ2n) is 6.91. The lowest BCUT2D eigenvalue weighted by Crippen LogP contribution is -2.03. The van der Waals surface area contributed by atoms with Gasteiger partial charge in [0.05, 0.1) is 23.2 Å². The minimum absolute atomic E-state index is 0.00182. The Bertz CT molecular complexity index is 1230. The average Bonchev–Trinajstić information content (AvgIpc) is 2.83. The molecule has 0 aliphatic heterocycles. The van der Waals surface area contributed by atoms with Crippen molar-refractivity contribution in [2.24, 2.45) is 5.10 Å². The van der Waals surface area contributed by atoms with Crippen molar-refractivity contribution in [1.29, 1.82) is 0 Å². The average molecular weight is 463 g/mol. The van der Waals surface area contributed by atoms with Crippen LogP contribution in [0.4, 0.5) is 17.2 Å². The highest BCUT2D eigenvalue weighted by Crippen LogP contribution is 2.34. The maximum Gasteiger partial charge on any atom is 0.313 e. The number of benzene rings is 2. The van der Waals surface area contributed by atoms with Crippen LogP contribution in [0.3, 0.4) is 0 Å². The number of methoxy groups -OCH3 is 1. The number of rotatable bonds is 11. The lowest BCUT2D eigenvalue weighted by Gasteiger charge is -2.16. The van der Waals surface area contributed by atoms with Gasteiger partial charge in [0.1, 0.15) is 6.61 Å². The summed E-state index contributed by atoms with van der Waals surface area (Å²) in [5.41, 5.74) is 4.58. The molecule has 1 heterocycles. The van der Waals surface area contributed by atoms with Gasteiger partial charge in [-0.1, -0.05) is 6.08 Å². The number of ether oxygens (including phenoxy) is 2. The second kappa shape index (κ2) is 11.2. The Morgan fingerprint density at radius 1 is 1.15 bits per heavy atom. The third-order valence-corrected chi connectivity index (χ3v) is 4.64. The molecular weight excluding hydrogens is 442 g/mol. The van der Waals surface area contributed by atoms with E-state index < -0.39 is 9.85 Å². The van der Waals surface area contributed by atoms with E-state index in [-0.39, 0.29) is 23.8 Å². The number of hydrogen-bond donors (Lipinski definition) is 1. The molecule has 0 atom stereocenters. The summed E-state index contributed by atoms with van der Waals surface area (Å²) >= 11 is 0. The van der Waals surface area contributed by atoms with Crippen molar-refractivity contribution in [3.63, 3.8) is 0 Å². The van der Waals surface area contributed by atoms with E-state index in [1.165, 1.54) is 43.8 Å². The van der Waals surface area contributed by atoms with Crippen molar-refractivity contribution in [3.05, 3.63) is 104 Å². The van der Waals surface area contributed by atoms with Crippen LogP contribution in [0.2, 0.25) is 0 Å². The molecule has 2 aromatic carbocycles. The highest BCUT2D eigenvalue weighted by atomic mass is 16.6. The molecule has 0 unspecified atom stereocenters. The van der Waals surface area contributed by atoms with E-state index in [9.17, 15) is 20.2 Å². The molecule has 0 amide bonds. The van der Waals surface area contributed by atoms with Gasteiger partial charge in [0, 0.05) is 30.0 Å². The predicted molar refractivity (Wildman–Crippen MR) is 126 cm³/mol. The van der Waals surface area contributed by atoms with E-state index in [2.05, 4.69) is 22.1 Å². The zero-order valence-electron chi connectivity index (χ0n) is 18.2. The summed E-state index contributed by atoms with van der Waals surface area (Å²) in [5.74, 6) is 0.975. The van der Waals surface area contributed by atoms with Gasteiger partial charge < -0.3 is 9.47 Å². The third-order valence-electron chi connectivity index (χ3n) is 4.64. The van der Waals surface area contributed by atoms with Gasteiger partial charge in [-0.15, -0.1) is 6.58 Å². The zero-order valence-corrected chi connectivity index (χ0v) is 18.2. The third kappa shape index (κ3) is 5.91. The van der Waals surface area contributed by atoms with Gasteiger partial charge in [-0.2, -0.15) is 5.10 Å². The van der Waals surface area contributed by atoms with Crippen LogP contribution in [0.15, 0.2) is 72.5 Å². The summed E-state index contributed by atoms with van der Waals surface area (Å²) in [4.78, 5) is 24.9. The number of hydrazone groups is 1. The van der Waals surface area contributed by atoms with Crippen molar-refractivity contribution >= 4 is 23.4 Å². The molecule has 0 spiro atoms. The molecule has 1 N–H and O–H groups in total. The fraction of sp³-hybridized carbons (Fsp3) is 0.130. The summed E-state index contributed by atoms with van der Waals surface area (Å²) in [7, 11) is 1.50. The maximum absolute atomic E-state index is 11.1. The number of pyridine rings is 1. The van der Waals surface area contributed by atoms with Crippen molar-refractivity contribution in [1.82, 2.24) is 4.98 Å². The molecule has 0 aliphatic rings. The topological polar surface area (TPSA) is 142 Å². The van der Waals surface area contributed by atoms with Crippen LogP contribution in [-0.2, 0) is 13.0 Å². The van der Waals surface area contributed by atoms with Gasteiger partial charge in [0.2, 0.25) is 5.82 Å². The number of anilines is 1. The molecule has 0 saturated carbocycles. The van der Waals surface area contributed by atoms with Gasteiger partial charge in [-0.3, -0.25) is 25.7 Å². The predicted octanol–water partition coefficient (Wildman–Crippen LogP) is 4.66. The minimum Gasteiger partial charge on any atom is -0.493 e. The van der Waals surface area contributed by atoms with Crippen LogP contribution in [0.25, 0.3) is 0 Å². The Balaban J connectivity index is 1.81. The first kappa shape index (κ1) is 23.9. The van der Waals surface area contributed by atoms with E-state index >= 15 is 0 Å². The molecule has 0 saturated heterocycles. The quantitative estimate of drug-likeness (QED) is 0.187. The largest absolute Gasteiger partial charge is 0.493 e. The van der Waals surface area contributed by atoms with E-state index in [0.29, 0.717) is 23.5 Å². The Morgan fingerprint density at radius 3 is 2.56 bits per heavy atom. The van der Waals surface area contributed by atoms with Crippen molar-refractivity contribution in [2.75, 3.05) is 12.5 Å². The molecule has 0 bridgehead atoms. The summed E-state index contributed by atoms with van der Waals surface area (Å²) in [5, 5.41) is 26.0. The molecule has 3 aromatic rings. The SMILES string of the molecule is C=CCc1cc(/C=N\Nc2ncccc2[N+](=O)[O-])cc(OC)c1OCc1ccc([N+](=O)[O-])cc1. The van der Waals surface area contributed by atoms with Gasteiger partial charge in [0.25, 0.3) is 5.69 Å². The Labute approximate surface area is 194 Å². The number of nitro benzene ring substituents is 1. The van der Waals surface area contributed by atoms with E-state index in [1.54, 1.807) is 24.3 Å². The lowest BCUT2D eigenvalue weighted by molar-refractivity contribution is -0.384. The van der Waals surface area contributed by atoms with Gasteiger partial charge >= 0.3 is 5.69 Å². The molecule has 1 aromatic heterocycles. The molecule has 34 heavy (non-hydrogen) atoms. The first-order valence-electron chi connectivity index (χ1n) is 9.99. The Morgan fingerprint density at radius 2 is 1.91 bits per heavy atom. The Hall–Kier alpha value is -4.80. The summed E-state index contributed by atoms with van der Waals surface area (Å²) in [6.45, 7) is 3.95. The molecule has 0 radical (unpaired) electrons. The fourth-order valence-electron chi connectivity index (χ4n) is 3.05. The van der Waals surface area contributed by atoms with Crippen LogP contribution in [0.5, 0.6) is 11.5 Å². The maximum atomic E-state index is 11.1. The normalized spacial score (nSPS) is 10.6. The molecule has 0 aliphatic carbocycles. The van der Waals surface area contributed by atoms with Gasteiger partial charge in [-0.25, -0.2) is 4.98 Å². The number of aromatic nitrogens is 1. The highest BCUT2D eigenvalue weighted by molar-refractivity contribution is 5.82. The monoisotopic (exact) mass is 463 g/mol. The number of allylic oxidation sites excluding steroid dienone is 1.